The third-order valence-electron chi connectivity index (χ3n) is 2.80. The predicted octanol–water partition coefficient (Wildman–Crippen LogP) is 3.85. The average Bonchev–Trinajstić information content (AvgIpc) is 2.57. The zero-order chi connectivity index (χ0) is 15.5. The second kappa shape index (κ2) is 9.61. The minimum Gasteiger partial charge on any atom is -0.369 e. The van der Waals surface area contributed by atoms with Crippen LogP contribution in [0.5, 0.6) is 0 Å². The number of carbonyl (C=O) groups excluding carboxylic acids is 2. The first-order valence-corrected chi connectivity index (χ1v) is 6.85. The number of Topliss-reactive ketones (excluding diaryl/α,β-unsaturated/α-hetero) is 1. The molecule has 1 atom stereocenters. The Morgan fingerprint density at radius 1 is 1.05 bits per heavy atom. The van der Waals surface area contributed by atoms with Crippen LogP contribution in [0, 0.1) is 0 Å². The van der Waals surface area contributed by atoms with Crippen molar-refractivity contribution in [2.45, 2.75) is 19.4 Å². The molecule has 2 aromatic carbocycles. The summed E-state index contributed by atoms with van der Waals surface area (Å²) in [6.07, 6.45) is 0.985. The molecule has 1 unspecified atom stereocenters. The molecule has 0 amide bonds. The van der Waals surface area contributed by atoms with E-state index in [1.165, 1.54) is 0 Å². The molecule has 0 saturated heterocycles. The first kappa shape index (κ1) is 16.8. The minimum atomic E-state index is -0.529. The summed E-state index contributed by atoms with van der Waals surface area (Å²) in [6.45, 7) is 1.81. The Labute approximate surface area is 125 Å². The van der Waals surface area contributed by atoms with Crippen molar-refractivity contribution in [1.29, 1.82) is 0 Å². The molecular weight excluding hydrogens is 264 g/mol. The van der Waals surface area contributed by atoms with E-state index in [0.29, 0.717) is 12.0 Å². The highest BCUT2D eigenvalue weighted by Gasteiger charge is 2.20. The molecule has 0 bridgehead atoms. The molecule has 21 heavy (non-hydrogen) atoms. The Bertz CT molecular complexity index is 535. The molecule has 0 aliphatic rings. The summed E-state index contributed by atoms with van der Waals surface area (Å²) in [5, 5.41) is 0. The van der Waals surface area contributed by atoms with Gasteiger partial charge in [-0.05, 0) is 5.56 Å². The molecule has 0 fully saturated rings. The smallest absolute Gasteiger partial charge is 0.196 e. The van der Waals surface area contributed by atoms with Crippen LogP contribution in [0.3, 0.4) is 0 Å². The Kier molecular flexibility index (Phi) is 7.69. The lowest BCUT2D eigenvalue weighted by atomic mass is 10.00. The van der Waals surface area contributed by atoms with Crippen LogP contribution in [0.15, 0.2) is 60.7 Å². The van der Waals surface area contributed by atoms with Crippen molar-refractivity contribution in [1.82, 2.24) is 0 Å². The summed E-state index contributed by atoms with van der Waals surface area (Å²) >= 11 is 0. The number of rotatable bonds is 5. The van der Waals surface area contributed by atoms with Crippen LogP contribution in [-0.4, -0.2) is 19.2 Å². The van der Waals surface area contributed by atoms with E-state index in [0.717, 1.165) is 11.8 Å². The largest absolute Gasteiger partial charge is 0.369 e. The number of hydrogen-bond donors (Lipinski definition) is 0. The van der Waals surface area contributed by atoms with E-state index < -0.39 is 6.10 Å². The maximum absolute atomic E-state index is 12.3. The van der Waals surface area contributed by atoms with Gasteiger partial charge in [-0.2, -0.15) is 0 Å². The molecule has 0 spiro atoms. The highest BCUT2D eigenvalue weighted by atomic mass is 16.5. The van der Waals surface area contributed by atoms with Gasteiger partial charge in [0.05, 0.1) is 0 Å². The van der Waals surface area contributed by atoms with E-state index in [9.17, 15) is 9.59 Å². The molecule has 0 saturated carbocycles. The summed E-state index contributed by atoms with van der Waals surface area (Å²) in [4.78, 5) is 21.4. The van der Waals surface area contributed by atoms with E-state index in [2.05, 4.69) is 0 Å². The van der Waals surface area contributed by atoms with Crippen LogP contribution in [0.1, 0.15) is 35.4 Å². The van der Waals surface area contributed by atoms with Gasteiger partial charge in [0.2, 0.25) is 0 Å². The molecule has 0 radical (unpaired) electrons. The molecule has 0 aliphatic heterocycles. The topological polar surface area (TPSA) is 43.4 Å². The fourth-order valence-corrected chi connectivity index (χ4v) is 1.78. The zero-order valence-electron chi connectivity index (χ0n) is 12.4. The van der Waals surface area contributed by atoms with Crippen molar-refractivity contribution < 1.29 is 14.3 Å². The van der Waals surface area contributed by atoms with Crippen molar-refractivity contribution in [3.63, 3.8) is 0 Å². The summed E-state index contributed by atoms with van der Waals surface area (Å²) < 4.78 is 5.30. The van der Waals surface area contributed by atoms with Crippen molar-refractivity contribution in [3.05, 3.63) is 71.8 Å². The van der Waals surface area contributed by atoms with Gasteiger partial charge in [-0.1, -0.05) is 67.6 Å². The standard InChI is InChI=1S/C15H14O2.C3H6O/c1-17-15(13-10-6-3-7-11-13)14(16)12-8-4-2-5-9-12;1-2-3-4/h2-11,15H,1H3;3H,2H2,1H3. The Morgan fingerprint density at radius 3 is 1.95 bits per heavy atom. The molecule has 3 nitrogen and oxygen atoms in total. The average molecular weight is 284 g/mol. The number of hydrogen-bond acceptors (Lipinski definition) is 3. The minimum absolute atomic E-state index is 0.0145. The summed E-state index contributed by atoms with van der Waals surface area (Å²) in [7, 11) is 1.55. The summed E-state index contributed by atoms with van der Waals surface area (Å²) in [5.41, 5.74) is 1.55. The number of aldehydes is 1. The molecule has 0 N–H and O–H groups in total. The van der Waals surface area contributed by atoms with Crippen molar-refractivity contribution in [2.75, 3.05) is 7.11 Å². The molecule has 0 aromatic heterocycles. The SMILES string of the molecule is CCC=O.COC(C(=O)c1ccccc1)c1ccccc1. The van der Waals surface area contributed by atoms with Crippen LogP contribution in [-0.2, 0) is 9.53 Å². The highest BCUT2D eigenvalue weighted by Crippen LogP contribution is 2.21. The fourth-order valence-electron chi connectivity index (χ4n) is 1.78. The van der Waals surface area contributed by atoms with Gasteiger partial charge in [-0.15, -0.1) is 0 Å². The quantitative estimate of drug-likeness (QED) is 0.618. The third-order valence-corrected chi connectivity index (χ3v) is 2.80. The van der Waals surface area contributed by atoms with Crippen LogP contribution in [0.2, 0.25) is 0 Å². The fraction of sp³-hybridized carbons (Fsp3) is 0.222. The predicted molar refractivity (Wildman–Crippen MR) is 83.3 cm³/mol. The summed E-state index contributed by atoms with van der Waals surface area (Å²) in [5.74, 6) is -0.0145. The Morgan fingerprint density at radius 2 is 1.52 bits per heavy atom. The van der Waals surface area contributed by atoms with E-state index in [-0.39, 0.29) is 5.78 Å². The second-order valence-corrected chi connectivity index (χ2v) is 4.33. The van der Waals surface area contributed by atoms with Gasteiger partial charge in [0.1, 0.15) is 12.4 Å². The highest BCUT2D eigenvalue weighted by molar-refractivity contribution is 6.00. The Balaban J connectivity index is 0.000000491. The van der Waals surface area contributed by atoms with Gasteiger partial charge in [0.25, 0.3) is 0 Å². The maximum atomic E-state index is 12.3. The number of ether oxygens (including phenoxy) is 1. The first-order valence-electron chi connectivity index (χ1n) is 6.85. The van der Waals surface area contributed by atoms with Gasteiger partial charge in [0, 0.05) is 19.1 Å². The van der Waals surface area contributed by atoms with Gasteiger partial charge >= 0.3 is 0 Å². The maximum Gasteiger partial charge on any atom is 0.196 e. The van der Waals surface area contributed by atoms with Crippen molar-refractivity contribution in [3.8, 4) is 0 Å². The van der Waals surface area contributed by atoms with Gasteiger partial charge in [0.15, 0.2) is 5.78 Å². The first-order chi connectivity index (χ1) is 10.2. The lowest BCUT2D eigenvalue weighted by Gasteiger charge is -2.14. The molecule has 3 heteroatoms. The Hall–Kier alpha value is -2.26. The van der Waals surface area contributed by atoms with Gasteiger partial charge < -0.3 is 9.53 Å². The van der Waals surface area contributed by atoms with Gasteiger partial charge in [-0.25, -0.2) is 0 Å². The zero-order valence-corrected chi connectivity index (χ0v) is 12.4. The van der Waals surface area contributed by atoms with E-state index >= 15 is 0 Å². The molecule has 2 rings (SSSR count). The second-order valence-electron chi connectivity index (χ2n) is 4.33. The lowest BCUT2D eigenvalue weighted by molar-refractivity contribution is -0.107. The molecule has 110 valence electrons. The van der Waals surface area contributed by atoms with E-state index in [1.807, 2.05) is 55.5 Å². The van der Waals surface area contributed by atoms with Crippen LogP contribution >= 0.6 is 0 Å². The van der Waals surface area contributed by atoms with Crippen LogP contribution < -0.4 is 0 Å². The number of benzene rings is 2. The van der Waals surface area contributed by atoms with Crippen LogP contribution in [0.25, 0.3) is 0 Å². The number of methoxy groups -OCH3 is 1. The van der Waals surface area contributed by atoms with E-state index in [4.69, 9.17) is 4.74 Å². The van der Waals surface area contributed by atoms with Crippen molar-refractivity contribution in [2.24, 2.45) is 0 Å². The lowest BCUT2D eigenvalue weighted by Crippen LogP contribution is -2.14. The normalized spacial score (nSPS) is 11.0. The third kappa shape index (κ3) is 5.32. The number of ketones is 1. The number of carbonyl (C=O) groups is 2. The molecule has 2 aromatic rings. The van der Waals surface area contributed by atoms with E-state index in [1.54, 1.807) is 19.2 Å². The molecule has 0 heterocycles. The monoisotopic (exact) mass is 284 g/mol. The molecule has 0 aliphatic carbocycles. The van der Waals surface area contributed by atoms with Crippen LogP contribution in [0.4, 0.5) is 0 Å². The molecular formula is C18H20O3. The summed E-state index contributed by atoms with van der Waals surface area (Å²) in [6, 6.07) is 18.7. The van der Waals surface area contributed by atoms with Crippen molar-refractivity contribution >= 4 is 12.1 Å². The van der Waals surface area contributed by atoms with Gasteiger partial charge in [-0.3, -0.25) is 4.79 Å².